The van der Waals surface area contributed by atoms with Crippen LogP contribution in [0.25, 0.3) is 0 Å². The number of rotatable bonds is 3. The van der Waals surface area contributed by atoms with Gasteiger partial charge in [-0.2, -0.15) is 5.26 Å². The summed E-state index contributed by atoms with van der Waals surface area (Å²) in [5.74, 6) is -0.342. The van der Waals surface area contributed by atoms with E-state index in [9.17, 15) is 4.79 Å². The van der Waals surface area contributed by atoms with Crippen molar-refractivity contribution in [3.8, 4) is 6.07 Å². The number of nitrogens with zero attached hydrogens (tertiary/aromatic N) is 2. The van der Waals surface area contributed by atoms with Crippen molar-refractivity contribution >= 4 is 11.6 Å². The Morgan fingerprint density at radius 1 is 1.86 bits per heavy atom. The summed E-state index contributed by atoms with van der Waals surface area (Å²) in [7, 11) is 0. The van der Waals surface area contributed by atoms with E-state index < -0.39 is 5.41 Å². The Kier molecular flexibility index (Phi) is 2.87. The number of anilines is 1. The predicted octanol–water partition coefficient (Wildman–Crippen LogP) is 1.55. The van der Waals surface area contributed by atoms with Crippen molar-refractivity contribution in [1.82, 2.24) is 5.16 Å². The first-order valence-corrected chi connectivity index (χ1v) is 4.24. The highest BCUT2D eigenvalue weighted by Crippen LogP contribution is 2.21. The molecule has 1 amide bonds. The molecule has 0 spiro atoms. The van der Waals surface area contributed by atoms with Crippen LogP contribution in [0.1, 0.15) is 20.3 Å². The fourth-order valence-corrected chi connectivity index (χ4v) is 0.826. The minimum atomic E-state index is -1.00. The summed E-state index contributed by atoms with van der Waals surface area (Å²) >= 11 is 0. The van der Waals surface area contributed by atoms with Crippen molar-refractivity contribution in [3.05, 3.63) is 12.5 Å². The molecule has 74 valence electrons. The Labute approximate surface area is 81.7 Å². The highest BCUT2D eigenvalue weighted by atomic mass is 16.5. The molecule has 5 nitrogen and oxygen atoms in total. The first kappa shape index (κ1) is 10.3. The van der Waals surface area contributed by atoms with Crippen LogP contribution >= 0.6 is 0 Å². The van der Waals surface area contributed by atoms with Crippen LogP contribution in [0, 0.1) is 16.7 Å². The summed E-state index contributed by atoms with van der Waals surface area (Å²) in [5, 5.41) is 14.8. The van der Waals surface area contributed by atoms with Gasteiger partial charge in [0.05, 0.1) is 12.3 Å². The number of carbonyl (C=O) groups excluding carboxylic acids is 1. The molecule has 0 aliphatic rings. The molecule has 1 heterocycles. The van der Waals surface area contributed by atoms with Gasteiger partial charge in [-0.25, -0.2) is 0 Å². The third-order valence-corrected chi connectivity index (χ3v) is 2.15. The van der Waals surface area contributed by atoms with Gasteiger partial charge in [-0.05, 0) is 13.3 Å². The lowest BCUT2D eigenvalue weighted by Gasteiger charge is -2.17. The Balaban J connectivity index is 2.72. The van der Waals surface area contributed by atoms with E-state index in [2.05, 4.69) is 15.0 Å². The van der Waals surface area contributed by atoms with Gasteiger partial charge in [-0.1, -0.05) is 12.1 Å². The minimum absolute atomic E-state index is 0.342. The SMILES string of the molecule is CCC(C)(C#N)C(=O)Nc1cnoc1. The fourth-order valence-electron chi connectivity index (χ4n) is 0.826. The second kappa shape index (κ2) is 3.92. The zero-order valence-electron chi connectivity index (χ0n) is 8.07. The Morgan fingerprint density at radius 2 is 2.57 bits per heavy atom. The summed E-state index contributed by atoms with van der Waals surface area (Å²) in [4.78, 5) is 11.6. The lowest BCUT2D eigenvalue weighted by Crippen LogP contribution is -2.31. The summed E-state index contributed by atoms with van der Waals surface area (Å²) in [6.07, 6.45) is 3.15. The van der Waals surface area contributed by atoms with Crippen molar-refractivity contribution in [2.24, 2.45) is 5.41 Å². The predicted molar refractivity (Wildman–Crippen MR) is 49.1 cm³/mol. The van der Waals surface area contributed by atoms with Crippen molar-refractivity contribution < 1.29 is 9.32 Å². The molecule has 1 aromatic rings. The van der Waals surface area contributed by atoms with Crippen molar-refractivity contribution in [1.29, 1.82) is 5.26 Å². The molecule has 1 atom stereocenters. The Hall–Kier alpha value is -1.83. The van der Waals surface area contributed by atoms with Crippen LogP contribution in [0.2, 0.25) is 0 Å². The van der Waals surface area contributed by atoms with Crippen LogP contribution in [0.3, 0.4) is 0 Å². The molecule has 0 bridgehead atoms. The second-order valence-electron chi connectivity index (χ2n) is 3.16. The van der Waals surface area contributed by atoms with E-state index in [1.807, 2.05) is 6.07 Å². The summed E-state index contributed by atoms with van der Waals surface area (Å²) < 4.78 is 4.55. The van der Waals surface area contributed by atoms with Gasteiger partial charge >= 0.3 is 0 Å². The van der Waals surface area contributed by atoms with Gasteiger partial charge in [0.15, 0.2) is 0 Å². The molecule has 1 aromatic heterocycles. The normalized spacial score (nSPS) is 14.1. The van der Waals surface area contributed by atoms with Gasteiger partial charge in [0.1, 0.15) is 17.4 Å². The highest BCUT2D eigenvalue weighted by molar-refractivity contribution is 5.96. The zero-order chi connectivity index (χ0) is 10.6. The monoisotopic (exact) mass is 193 g/mol. The first-order chi connectivity index (χ1) is 6.62. The first-order valence-electron chi connectivity index (χ1n) is 4.24. The van der Waals surface area contributed by atoms with Gasteiger partial charge in [-0.15, -0.1) is 0 Å². The molecule has 0 fully saturated rings. The minimum Gasteiger partial charge on any atom is -0.363 e. The number of hydrogen-bond acceptors (Lipinski definition) is 4. The van der Waals surface area contributed by atoms with Crippen molar-refractivity contribution in [2.75, 3.05) is 5.32 Å². The van der Waals surface area contributed by atoms with Gasteiger partial charge in [0.2, 0.25) is 5.91 Å². The molecular weight excluding hydrogens is 182 g/mol. The quantitative estimate of drug-likeness (QED) is 0.789. The van der Waals surface area contributed by atoms with E-state index in [1.54, 1.807) is 13.8 Å². The lowest BCUT2D eigenvalue weighted by molar-refractivity contribution is -0.122. The number of hydrogen-bond donors (Lipinski definition) is 1. The van der Waals surface area contributed by atoms with Crippen molar-refractivity contribution in [3.63, 3.8) is 0 Å². The molecule has 5 heteroatoms. The standard InChI is InChI=1S/C9H11N3O2/c1-3-9(2,6-10)8(13)12-7-4-11-14-5-7/h4-5H,3H2,1-2H3,(H,12,13). The van der Waals surface area contributed by atoms with Gasteiger partial charge in [0, 0.05) is 0 Å². The van der Waals surface area contributed by atoms with Crippen molar-refractivity contribution in [2.45, 2.75) is 20.3 Å². The molecule has 0 aliphatic heterocycles. The van der Waals surface area contributed by atoms with Crippen LogP contribution in [-0.2, 0) is 4.79 Å². The summed E-state index contributed by atoms with van der Waals surface area (Å²) in [5.41, 5.74) is -0.540. The number of aromatic nitrogens is 1. The molecule has 1 N–H and O–H groups in total. The number of carbonyl (C=O) groups is 1. The molecule has 0 aromatic carbocycles. The number of nitriles is 1. The second-order valence-corrected chi connectivity index (χ2v) is 3.16. The maximum atomic E-state index is 11.6. The van der Waals surface area contributed by atoms with Crippen LogP contribution in [0.5, 0.6) is 0 Å². The largest absolute Gasteiger partial charge is 0.363 e. The van der Waals surface area contributed by atoms with E-state index in [1.165, 1.54) is 12.5 Å². The number of amides is 1. The van der Waals surface area contributed by atoms with E-state index in [-0.39, 0.29) is 5.91 Å². The van der Waals surface area contributed by atoms with E-state index in [0.717, 1.165) is 0 Å². The molecule has 14 heavy (non-hydrogen) atoms. The molecule has 1 unspecified atom stereocenters. The van der Waals surface area contributed by atoms with Crippen LogP contribution in [0.4, 0.5) is 5.69 Å². The molecular formula is C9H11N3O2. The maximum absolute atomic E-state index is 11.6. The summed E-state index contributed by atoms with van der Waals surface area (Å²) in [6.45, 7) is 3.38. The number of nitrogens with one attached hydrogen (secondary N) is 1. The van der Waals surface area contributed by atoms with Gasteiger partial charge in [-0.3, -0.25) is 4.79 Å². The van der Waals surface area contributed by atoms with E-state index in [4.69, 9.17) is 5.26 Å². The third kappa shape index (κ3) is 1.91. The molecule has 0 saturated carbocycles. The lowest BCUT2D eigenvalue weighted by atomic mass is 9.88. The Morgan fingerprint density at radius 3 is 3.00 bits per heavy atom. The van der Waals surface area contributed by atoms with Crippen LogP contribution in [-0.4, -0.2) is 11.1 Å². The van der Waals surface area contributed by atoms with E-state index >= 15 is 0 Å². The Bertz CT molecular complexity index is 353. The van der Waals surface area contributed by atoms with Gasteiger partial charge < -0.3 is 9.84 Å². The molecule has 0 radical (unpaired) electrons. The average molecular weight is 193 g/mol. The van der Waals surface area contributed by atoms with Crippen LogP contribution < -0.4 is 5.32 Å². The average Bonchev–Trinajstić information content (AvgIpc) is 2.69. The highest BCUT2D eigenvalue weighted by Gasteiger charge is 2.31. The fraction of sp³-hybridized carbons (Fsp3) is 0.444. The molecule has 1 rings (SSSR count). The van der Waals surface area contributed by atoms with Crippen LogP contribution in [0.15, 0.2) is 17.0 Å². The van der Waals surface area contributed by atoms with Gasteiger partial charge in [0.25, 0.3) is 0 Å². The summed E-state index contributed by atoms with van der Waals surface area (Å²) in [6, 6.07) is 1.98. The maximum Gasteiger partial charge on any atom is 0.244 e. The smallest absolute Gasteiger partial charge is 0.244 e. The molecule has 0 saturated heterocycles. The third-order valence-electron chi connectivity index (χ3n) is 2.15. The molecule has 0 aliphatic carbocycles. The van der Waals surface area contributed by atoms with E-state index in [0.29, 0.717) is 12.1 Å². The zero-order valence-corrected chi connectivity index (χ0v) is 8.07. The topological polar surface area (TPSA) is 78.9 Å².